The molecule has 12 atom stereocenters. The summed E-state index contributed by atoms with van der Waals surface area (Å²) in [5.41, 5.74) is 6.30. The number of tetrazole rings is 1. The zero-order valence-corrected chi connectivity index (χ0v) is 30.2. The molecule has 10 nitrogen and oxygen atoms in total. The van der Waals surface area contributed by atoms with Crippen LogP contribution >= 0.6 is 0 Å². The summed E-state index contributed by atoms with van der Waals surface area (Å²) >= 11 is 0. The van der Waals surface area contributed by atoms with E-state index in [0.717, 1.165) is 51.5 Å². The number of allylic oxidation sites excluding steroid dienone is 1. The number of hydrogen-bond acceptors (Lipinski definition) is 8. The number of nitrogens with zero attached hydrogens (tertiary/aromatic N) is 5. The molecule has 4 aliphatic carbocycles. The first-order valence-electron chi connectivity index (χ1n) is 18.5. The van der Waals surface area contributed by atoms with Crippen molar-refractivity contribution in [2.45, 2.75) is 118 Å². The molecule has 7 rings (SSSR count). The number of fused-ring (bicyclic) bond motifs is 3. The highest BCUT2D eigenvalue weighted by atomic mass is 16.5. The third-order valence-corrected chi connectivity index (χ3v) is 15.9. The zero-order chi connectivity index (χ0) is 33.7. The highest BCUT2D eigenvalue weighted by molar-refractivity contribution is 5.73. The summed E-state index contributed by atoms with van der Waals surface area (Å²) in [6.45, 7) is 19.3. The van der Waals surface area contributed by atoms with Crippen molar-refractivity contribution in [2.24, 2.45) is 56.7 Å². The molecule has 2 bridgehead atoms. The van der Waals surface area contributed by atoms with Crippen LogP contribution in [0, 0.1) is 56.7 Å². The lowest BCUT2D eigenvalue weighted by molar-refractivity contribution is -0.254. The molecule has 1 aromatic heterocycles. The number of likely N-dealkylation sites (N-methyl/N-ethyl adjacent to an activating group) is 1. The van der Waals surface area contributed by atoms with Gasteiger partial charge >= 0.3 is 5.97 Å². The van der Waals surface area contributed by atoms with Gasteiger partial charge in [-0.05, 0) is 116 Å². The number of hydrogen-bond donors (Lipinski definition) is 2. The van der Waals surface area contributed by atoms with E-state index in [0.29, 0.717) is 43.6 Å². The Labute approximate surface area is 281 Å². The minimum atomic E-state index is -0.625. The molecule has 0 spiro atoms. The third kappa shape index (κ3) is 4.58. The highest BCUT2D eigenvalue weighted by Gasteiger charge is 2.72. The molecule has 3 saturated carbocycles. The Balaban J connectivity index is 1.36. The van der Waals surface area contributed by atoms with Gasteiger partial charge in [-0.3, -0.25) is 4.79 Å². The molecule has 5 fully saturated rings. The van der Waals surface area contributed by atoms with E-state index >= 15 is 0 Å². The van der Waals surface area contributed by atoms with Gasteiger partial charge in [0.15, 0.2) is 0 Å². The minimum absolute atomic E-state index is 0.0791. The maximum atomic E-state index is 13.5. The lowest BCUT2D eigenvalue weighted by Crippen LogP contribution is -2.70. The Morgan fingerprint density at radius 3 is 2.53 bits per heavy atom. The molecule has 3 N–H and O–H groups in total. The number of carboxylic acid groups (broad SMARTS) is 1. The second-order valence-corrected chi connectivity index (χ2v) is 18.1. The molecule has 3 heterocycles. The van der Waals surface area contributed by atoms with Crippen LogP contribution in [0.2, 0.25) is 0 Å². The number of aromatic nitrogens is 4. The van der Waals surface area contributed by atoms with Crippen molar-refractivity contribution in [3.05, 3.63) is 11.6 Å². The normalized spacial score (nSPS) is 47.1. The number of anilines is 1. The third-order valence-electron chi connectivity index (χ3n) is 15.9. The van der Waals surface area contributed by atoms with E-state index in [-0.39, 0.29) is 51.1 Å². The first-order valence-corrected chi connectivity index (χ1v) is 18.5. The average molecular weight is 653 g/mol. The van der Waals surface area contributed by atoms with Crippen LogP contribution in [0.5, 0.6) is 0 Å². The molecule has 0 amide bonds. The fourth-order valence-electron chi connectivity index (χ4n) is 12.9. The second kappa shape index (κ2) is 11.2. The lowest BCUT2D eigenvalue weighted by Gasteiger charge is -2.71. The zero-order valence-electron chi connectivity index (χ0n) is 30.2. The summed E-state index contributed by atoms with van der Waals surface area (Å²) in [7, 11) is 2.21. The Bertz CT molecular complexity index is 1410. The highest BCUT2D eigenvalue weighted by Crippen LogP contribution is 2.75. The van der Waals surface area contributed by atoms with Crippen LogP contribution in [0.15, 0.2) is 11.6 Å². The molecule has 1 unspecified atom stereocenters. The van der Waals surface area contributed by atoms with Crippen molar-refractivity contribution >= 4 is 11.9 Å². The molecule has 6 aliphatic rings. The molecule has 2 aliphatic heterocycles. The van der Waals surface area contributed by atoms with Crippen LogP contribution in [0.1, 0.15) is 106 Å². The smallest absolute Gasteiger partial charge is 0.307 e. The number of aliphatic carboxylic acids is 1. The van der Waals surface area contributed by atoms with Gasteiger partial charge < -0.3 is 25.2 Å². The Morgan fingerprint density at radius 2 is 1.89 bits per heavy atom. The number of rotatable bonds is 7. The van der Waals surface area contributed by atoms with Gasteiger partial charge in [0, 0.05) is 11.5 Å². The van der Waals surface area contributed by atoms with Gasteiger partial charge in [-0.25, -0.2) is 0 Å². The maximum absolute atomic E-state index is 13.5. The van der Waals surface area contributed by atoms with Crippen molar-refractivity contribution in [1.82, 2.24) is 25.1 Å². The standard InChI is InChI=1S/C37H60N6O4/c1-22(2)23(3)34(5)15-16-35(6)25-11-12-28-33(4)18-27(43-40-32(38)39-41-43)30(47-19-24-10-9-17-42(24)8)37(28,21-46-20-33)26(25)13-14-36(35,7)29(34)31(44)45/h13,22-25,27-30H,9-12,14-21H2,1-8H3,(H2,38,40)(H,44,45)/t23-,24?,25+,27-,28-,29-,30+,33-,34-,35-,36+,37+/m1/s1. The van der Waals surface area contributed by atoms with Crippen LogP contribution in [-0.2, 0) is 14.3 Å². The van der Waals surface area contributed by atoms with E-state index in [1.54, 1.807) is 4.80 Å². The minimum Gasteiger partial charge on any atom is -0.481 e. The van der Waals surface area contributed by atoms with Crippen molar-refractivity contribution in [2.75, 3.05) is 39.1 Å². The molecule has 0 radical (unpaired) electrons. The molecular weight excluding hydrogens is 592 g/mol. The van der Waals surface area contributed by atoms with Gasteiger partial charge in [0.1, 0.15) is 6.04 Å². The number of nitrogen functional groups attached to an aromatic ring is 1. The Morgan fingerprint density at radius 1 is 1.13 bits per heavy atom. The molecule has 0 aromatic carbocycles. The van der Waals surface area contributed by atoms with Gasteiger partial charge in [-0.15, -0.1) is 5.10 Å². The van der Waals surface area contributed by atoms with E-state index in [4.69, 9.17) is 15.2 Å². The second-order valence-electron chi connectivity index (χ2n) is 18.1. The Hall–Kier alpha value is -2.04. The first-order chi connectivity index (χ1) is 22.1. The van der Waals surface area contributed by atoms with E-state index in [1.165, 1.54) is 12.0 Å². The van der Waals surface area contributed by atoms with E-state index < -0.39 is 11.9 Å². The lowest BCUT2D eigenvalue weighted by atomic mass is 9.34. The number of likely N-dealkylation sites (tertiary alicyclic amines) is 1. The molecule has 2 saturated heterocycles. The molecule has 47 heavy (non-hydrogen) atoms. The van der Waals surface area contributed by atoms with Crippen molar-refractivity contribution < 1.29 is 19.4 Å². The van der Waals surface area contributed by atoms with Crippen LogP contribution < -0.4 is 5.73 Å². The van der Waals surface area contributed by atoms with Gasteiger partial charge in [0.25, 0.3) is 5.95 Å². The SMILES string of the molecule is CC(C)[C@@H](C)[C@@]1(C)CC[C@]2(C)[C@H]3CC[C@@H]4[C@@]5(C)COC[C@@]4(C3=CC[C@@]2(C)[C@@H]1C(=O)O)[C@@H](OCC1CCCN1C)[C@H](n1nnc(N)n1)C5. The van der Waals surface area contributed by atoms with Crippen LogP contribution in [0.4, 0.5) is 5.95 Å². The van der Waals surface area contributed by atoms with Gasteiger partial charge in [-0.1, -0.05) is 65.2 Å². The number of nitrogens with two attached hydrogens (primary N) is 1. The fourth-order valence-corrected chi connectivity index (χ4v) is 12.9. The Kier molecular flexibility index (Phi) is 8.00. The predicted molar refractivity (Wildman–Crippen MR) is 180 cm³/mol. The van der Waals surface area contributed by atoms with E-state index in [9.17, 15) is 9.90 Å². The predicted octanol–water partition coefficient (Wildman–Crippen LogP) is 5.86. The largest absolute Gasteiger partial charge is 0.481 e. The van der Waals surface area contributed by atoms with Gasteiger partial charge in [-0.2, -0.15) is 4.80 Å². The quantitative estimate of drug-likeness (QED) is 0.348. The summed E-state index contributed by atoms with van der Waals surface area (Å²) in [5, 5.41) is 24.3. The molecule has 10 heteroatoms. The van der Waals surface area contributed by atoms with Crippen LogP contribution in [0.25, 0.3) is 0 Å². The van der Waals surface area contributed by atoms with Crippen LogP contribution in [0.3, 0.4) is 0 Å². The first kappa shape index (κ1) is 33.5. The topological polar surface area (TPSA) is 129 Å². The monoisotopic (exact) mass is 652 g/mol. The van der Waals surface area contributed by atoms with Gasteiger partial charge in [0.05, 0.1) is 31.8 Å². The maximum Gasteiger partial charge on any atom is 0.307 e. The summed E-state index contributed by atoms with van der Waals surface area (Å²) in [6, 6.07) is 0.263. The van der Waals surface area contributed by atoms with Crippen molar-refractivity contribution in [3.8, 4) is 0 Å². The summed E-state index contributed by atoms with van der Waals surface area (Å²) < 4.78 is 14.0. The van der Waals surface area contributed by atoms with Crippen molar-refractivity contribution in [3.63, 3.8) is 0 Å². The summed E-state index contributed by atoms with van der Waals surface area (Å²) in [5.74, 6) is 0.535. The number of carbonyl (C=O) groups is 1. The fraction of sp³-hybridized carbons (Fsp3) is 0.892. The summed E-state index contributed by atoms with van der Waals surface area (Å²) in [6.07, 6.45) is 10.4. The summed E-state index contributed by atoms with van der Waals surface area (Å²) in [4.78, 5) is 17.7. The molecule has 1 aromatic rings. The van der Waals surface area contributed by atoms with Gasteiger partial charge in [0.2, 0.25) is 0 Å². The van der Waals surface area contributed by atoms with E-state index in [2.05, 4.69) is 81.9 Å². The average Bonchev–Trinajstić information content (AvgIpc) is 3.63. The number of carboxylic acids is 1. The van der Waals surface area contributed by atoms with Crippen LogP contribution in [-0.4, -0.2) is 81.7 Å². The van der Waals surface area contributed by atoms with E-state index in [1.807, 2.05) is 0 Å². The van der Waals surface area contributed by atoms with Crippen molar-refractivity contribution in [1.29, 1.82) is 0 Å². The molecule has 262 valence electrons. The molecular formula is C37H60N6O4. The number of ether oxygens (including phenoxy) is 2.